The molecule has 1 fully saturated rings. The molecule has 0 saturated carbocycles. The van der Waals surface area contributed by atoms with Gasteiger partial charge in [0.25, 0.3) is 10.0 Å². The average molecular weight is 344 g/mol. The fourth-order valence-corrected chi connectivity index (χ4v) is 5.79. The highest BCUT2D eigenvalue weighted by molar-refractivity contribution is 7.91. The van der Waals surface area contributed by atoms with Gasteiger partial charge < -0.3 is 4.74 Å². The summed E-state index contributed by atoms with van der Waals surface area (Å²) in [5, 5.41) is 1.97. The van der Waals surface area contributed by atoms with Crippen molar-refractivity contribution in [2.45, 2.75) is 24.3 Å². The number of aromatic nitrogens is 1. The van der Waals surface area contributed by atoms with Gasteiger partial charge in [0.1, 0.15) is 6.10 Å². The van der Waals surface area contributed by atoms with Crippen LogP contribution >= 0.6 is 22.7 Å². The van der Waals surface area contributed by atoms with Crippen molar-refractivity contribution in [2.75, 3.05) is 19.7 Å². The van der Waals surface area contributed by atoms with Crippen molar-refractivity contribution >= 4 is 32.7 Å². The first kappa shape index (κ1) is 15.1. The molecular weight excluding hydrogens is 328 g/mol. The van der Waals surface area contributed by atoms with Crippen molar-refractivity contribution in [2.24, 2.45) is 0 Å². The van der Waals surface area contributed by atoms with Crippen LogP contribution in [0.25, 0.3) is 0 Å². The first-order chi connectivity index (χ1) is 9.98. The standard InChI is InChI=1S/C13H16N2O3S3/c1-9-10(2)20-13(14-9)21(16,17)15-5-6-18-11(8-15)12-4-3-7-19-12/h3-4,7,11H,5-6,8H2,1-2H3. The van der Waals surface area contributed by atoms with Crippen LogP contribution in [0.4, 0.5) is 0 Å². The predicted octanol–water partition coefficient (Wildman–Crippen LogP) is 2.58. The second kappa shape index (κ2) is 5.77. The monoisotopic (exact) mass is 344 g/mol. The van der Waals surface area contributed by atoms with Gasteiger partial charge in [0.15, 0.2) is 0 Å². The average Bonchev–Trinajstić information content (AvgIpc) is 3.10. The van der Waals surface area contributed by atoms with E-state index in [-0.39, 0.29) is 10.4 Å². The maximum Gasteiger partial charge on any atom is 0.270 e. The summed E-state index contributed by atoms with van der Waals surface area (Å²) in [7, 11) is -3.52. The van der Waals surface area contributed by atoms with E-state index in [2.05, 4.69) is 4.98 Å². The molecule has 5 nitrogen and oxygen atoms in total. The van der Waals surface area contributed by atoms with Crippen LogP contribution in [-0.2, 0) is 14.8 Å². The summed E-state index contributed by atoms with van der Waals surface area (Å²) in [6.07, 6.45) is -0.185. The van der Waals surface area contributed by atoms with Gasteiger partial charge in [-0.05, 0) is 25.3 Å². The minimum absolute atomic E-state index is 0.185. The Hall–Kier alpha value is -0.800. The highest BCUT2D eigenvalue weighted by atomic mass is 32.2. The van der Waals surface area contributed by atoms with Crippen LogP contribution in [0.15, 0.2) is 21.9 Å². The number of sulfonamides is 1. The third-order valence-electron chi connectivity index (χ3n) is 3.46. The van der Waals surface area contributed by atoms with Crippen LogP contribution in [0.2, 0.25) is 0 Å². The van der Waals surface area contributed by atoms with Crippen LogP contribution in [-0.4, -0.2) is 37.4 Å². The quantitative estimate of drug-likeness (QED) is 0.859. The molecule has 3 rings (SSSR count). The van der Waals surface area contributed by atoms with Crippen LogP contribution in [0.3, 0.4) is 0 Å². The smallest absolute Gasteiger partial charge is 0.270 e. The number of nitrogens with zero attached hydrogens (tertiary/aromatic N) is 2. The molecule has 0 aromatic carbocycles. The summed E-state index contributed by atoms with van der Waals surface area (Å²) in [5.74, 6) is 0. The molecule has 0 N–H and O–H groups in total. The van der Waals surface area contributed by atoms with Crippen molar-refractivity contribution in [1.29, 1.82) is 0 Å². The number of thiazole rings is 1. The van der Waals surface area contributed by atoms with Gasteiger partial charge >= 0.3 is 0 Å². The van der Waals surface area contributed by atoms with Crippen molar-refractivity contribution in [3.05, 3.63) is 33.0 Å². The van der Waals surface area contributed by atoms with Gasteiger partial charge in [-0.1, -0.05) is 6.07 Å². The van der Waals surface area contributed by atoms with E-state index in [9.17, 15) is 8.42 Å². The van der Waals surface area contributed by atoms with E-state index in [1.54, 1.807) is 11.3 Å². The summed E-state index contributed by atoms with van der Waals surface area (Å²) in [5.41, 5.74) is 0.779. The molecule has 1 aliphatic heterocycles. The van der Waals surface area contributed by atoms with E-state index in [4.69, 9.17) is 4.74 Å². The largest absolute Gasteiger partial charge is 0.370 e. The molecule has 3 heterocycles. The third kappa shape index (κ3) is 2.91. The van der Waals surface area contributed by atoms with E-state index < -0.39 is 10.0 Å². The molecule has 0 aliphatic carbocycles. The van der Waals surface area contributed by atoms with Gasteiger partial charge in [0.2, 0.25) is 4.34 Å². The SMILES string of the molecule is Cc1nc(S(=O)(=O)N2CCOC(c3cccs3)C2)sc1C. The Labute approximate surface area is 132 Å². The second-order valence-electron chi connectivity index (χ2n) is 4.86. The Morgan fingerprint density at radius 3 is 2.86 bits per heavy atom. The molecule has 2 aromatic rings. The molecule has 1 atom stereocenters. The summed E-state index contributed by atoms with van der Waals surface area (Å²) >= 11 is 2.82. The Morgan fingerprint density at radius 1 is 1.43 bits per heavy atom. The molecule has 1 unspecified atom stereocenters. The summed E-state index contributed by atoms with van der Waals surface area (Å²) in [6.45, 7) is 4.85. The Bertz CT molecular complexity index is 702. The number of morpholine rings is 1. The molecule has 21 heavy (non-hydrogen) atoms. The van der Waals surface area contributed by atoms with E-state index in [1.807, 2.05) is 31.4 Å². The highest BCUT2D eigenvalue weighted by Gasteiger charge is 2.34. The molecule has 0 bridgehead atoms. The fraction of sp³-hybridized carbons (Fsp3) is 0.462. The maximum atomic E-state index is 12.7. The van der Waals surface area contributed by atoms with Crippen molar-refractivity contribution in [3.63, 3.8) is 0 Å². The zero-order valence-electron chi connectivity index (χ0n) is 11.8. The van der Waals surface area contributed by atoms with Crippen LogP contribution in [0, 0.1) is 13.8 Å². The van der Waals surface area contributed by atoms with E-state index >= 15 is 0 Å². The zero-order chi connectivity index (χ0) is 15.0. The van der Waals surface area contributed by atoms with Gasteiger partial charge in [-0.25, -0.2) is 13.4 Å². The normalized spacial score (nSPS) is 20.8. The van der Waals surface area contributed by atoms with Gasteiger partial charge in [0.05, 0.1) is 12.3 Å². The fourth-order valence-electron chi connectivity index (χ4n) is 2.15. The van der Waals surface area contributed by atoms with Crippen LogP contribution in [0.1, 0.15) is 21.6 Å². The zero-order valence-corrected chi connectivity index (χ0v) is 14.2. The predicted molar refractivity (Wildman–Crippen MR) is 83.4 cm³/mol. The lowest BCUT2D eigenvalue weighted by Crippen LogP contribution is -2.42. The molecule has 0 spiro atoms. The highest BCUT2D eigenvalue weighted by Crippen LogP contribution is 2.30. The molecular formula is C13H16N2O3S3. The van der Waals surface area contributed by atoms with E-state index in [1.165, 1.54) is 15.6 Å². The molecule has 2 aromatic heterocycles. The number of hydrogen-bond acceptors (Lipinski definition) is 6. The molecule has 114 valence electrons. The lowest BCUT2D eigenvalue weighted by Gasteiger charge is -2.30. The summed E-state index contributed by atoms with van der Waals surface area (Å²) < 4.78 is 32.7. The molecule has 8 heteroatoms. The molecule has 0 amide bonds. The van der Waals surface area contributed by atoms with Crippen molar-refractivity contribution < 1.29 is 13.2 Å². The molecule has 1 saturated heterocycles. The molecule has 0 radical (unpaired) electrons. The summed E-state index contributed by atoms with van der Waals surface area (Å²) in [4.78, 5) is 6.19. The topological polar surface area (TPSA) is 59.5 Å². The number of ether oxygens (including phenoxy) is 1. The van der Waals surface area contributed by atoms with Gasteiger partial charge in [-0.2, -0.15) is 4.31 Å². The van der Waals surface area contributed by atoms with Gasteiger partial charge in [-0.15, -0.1) is 22.7 Å². The molecule has 1 aliphatic rings. The Kier molecular flexibility index (Phi) is 4.15. The first-order valence-electron chi connectivity index (χ1n) is 6.57. The second-order valence-corrected chi connectivity index (χ2v) is 9.15. The summed E-state index contributed by atoms with van der Waals surface area (Å²) in [6, 6.07) is 3.92. The first-order valence-corrected chi connectivity index (χ1v) is 9.71. The van der Waals surface area contributed by atoms with Crippen LogP contribution in [0.5, 0.6) is 0 Å². The Morgan fingerprint density at radius 2 is 2.24 bits per heavy atom. The van der Waals surface area contributed by atoms with Crippen molar-refractivity contribution in [1.82, 2.24) is 9.29 Å². The number of aryl methyl sites for hydroxylation is 2. The minimum atomic E-state index is -3.52. The lowest BCUT2D eigenvalue weighted by molar-refractivity contribution is -0.000508. The lowest BCUT2D eigenvalue weighted by atomic mass is 10.2. The van der Waals surface area contributed by atoms with Crippen molar-refractivity contribution in [3.8, 4) is 0 Å². The minimum Gasteiger partial charge on any atom is -0.370 e. The van der Waals surface area contributed by atoms with Crippen LogP contribution < -0.4 is 0 Å². The number of rotatable bonds is 3. The van der Waals surface area contributed by atoms with Gasteiger partial charge in [0, 0.05) is 22.8 Å². The van der Waals surface area contributed by atoms with E-state index in [0.717, 1.165) is 15.4 Å². The number of hydrogen-bond donors (Lipinski definition) is 0. The maximum absolute atomic E-state index is 12.7. The third-order valence-corrected chi connectivity index (χ3v) is 7.72. The van der Waals surface area contributed by atoms with Gasteiger partial charge in [-0.3, -0.25) is 0 Å². The van der Waals surface area contributed by atoms with E-state index in [0.29, 0.717) is 19.7 Å². The Balaban J connectivity index is 1.85. The number of thiophene rings is 1.